The molecule has 2 aromatic rings. The molecule has 126 valence electrons. The summed E-state index contributed by atoms with van der Waals surface area (Å²) in [5.74, 6) is -0.363. The average molecular weight is 364 g/mol. The van der Waals surface area contributed by atoms with Gasteiger partial charge in [-0.15, -0.1) is 0 Å². The Hall–Kier alpha value is -1.53. The lowest BCUT2D eigenvalue weighted by molar-refractivity contribution is -0.159. The van der Waals surface area contributed by atoms with Gasteiger partial charge in [0.15, 0.2) is 5.79 Å². The van der Waals surface area contributed by atoms with Gasteiger partial charge in [-0.25, -0.2) is 0 Å². The van der Waals surface area contributed by atoms with Crippen molar-refractivity contribution in [1.29, 1.82) is 0 Å². The molecule has 0 aromatic heterocycles. The van der Waals surface area contributed by atoms with Gasteiger partial charge < -0.3 is 14.8 Å². The van der Waals surface area contributed by atoms with Gasteiger partial charge in [0.2, 0.25) is 0 Å². The van der Waals surface area contributed by atoms with Crippen LogP contribution in [0.1, 0.15) is 12.5 Å². The first-order valence-corrected chi connectivity index (χ1v) is 8.99. The molecule has 1 saturated heterocycles. The molecule has 1 aliphatic heterocycles. The van der Waals surface area contributed by atoms with E-state index in [0.717, 1.165) is 11.3 Å². The van der Waals surface area contributed by atoms with Crippen molar-refractivity contribution in [3.63, 3.8) is 0 Å². The molecular formula is C18H18ClNO3S. The Bertz CT molecular complexity index is 712. The van der Waals surface area contributed by atoms with Crippen LogP contribution in [0.2, 0.25) is 5.02 Å². The van der Waals surface area contributed by atoms with Gasteiger partial charge in [0, 0.05) is 22.0 Å². The summed E-state index contributed by atoms with van der Waals surface area (Å²) in [4.78, 5) is 12.0. The van der Waals surface area contributed by atoms with Crippen LogP contribution in [0.25, 0.3) is 0 Å². The van der Waals surface area contributed by atoms with Crippen LogP contribution in [0.4, 0.5) is 10.5 Å². The highest BCUT2D eigenvalue weighted by atomic mass is 35.5. The quantitative estimate of drug-likeness (QED) is 0.839. The summed E-state index contributed by atoms with van der Waals surface area (Å²) in [7, 11) is 0. The summed E-state index contributed by atoms with van der Waals surface area (Å²) >= 11 is 7.41. The summed E-state index contributed by atoms with van der Waals surface area (Å²) in [6, 6.07) is 16.8. The Kier molecular flexibility index (Phi) is 5.46. The molecule has 6 heteroatoms. The topological polar surface area (TPSA) is 47.6 Å². The number of amides is 1. The van der Waals surface area contributed by atoms with Gasteiger partial charge in [-0.1, -0.05) is 59.8 Å². The van der Waals surface area contributed by atoms with Gasteiger partial charge in [-0.3, -0.25) is 4.79 Å². The smallest absolute Gasteiger partial charge is 0.283 e. The minimum Gasteiger partial charge on any atom is -0.343 e. The lowest BCUT2D eigenvalue weighted by Gasteiger charge is -2.24. The molecule has 0 aliphatic carbocycles. The van der Waals surface area contributed by atoms with Gasteiger partial charge in [-0.05, 0) is 25.1 Å². The van der Waals surface area contributed by atoms with Gasteiger partial charge in [-0.2, -0.15) is 0 Å². The average Bonchev–Trinajstić information content (AvgIpc) is 2.97. The van der Waals surface area contributed by atoms with Crippen molar-refractivity contribution < 1.29 is 14.3 Å². The predicted octanol–water partition coefficient (Wildman–Crippen LogP) is 4.89. The number of nitrogens with one attached hydrogen (secondary N) is 1. The van der Waals surface area contributed by atoms with E-state index in [-0.39, 0.29) is 11.3 Å². The van der Waals surface area contributed by atoms with E-state index < -0.39 is 5.79 Å². The zero-order chi connectivity index (χ0) is 17.0. The van der Waals surface area contributed by atoms with Crippen molar-refractivity contribution in [1.82, 2.24) is 0 Å². The zero-order valence-corrected chi connectivity index (χ0v) is 14.8. The molecule has 0 radical (unpaired) electrons. The Morgan fingerprint density at radius 1 is 1.25 bits per heavy atom. The molecule has 1 aliphatic rings. The molecule has 2 aromatic carbocycles. The molecule has 1 fully saturated rings. The molecule has 1 heterocycles. The second-order valence-corrected chi connectivity index (χ2v) is 6.97. The minimum absolute atomic E-state index is 0.115. The Morgan fingerprint density at radius 2 is 1.96 bits per heavy atom. The largest absolute Gasteiger partial charge is 0.343 e. The molecule has 0 bridgehead atoms. The van der Waals surface area contributed by atoms with Crippen LogP contribution in [0.3, 0.4) is 0 Å². The van der Waals surface area contributed by atoms with E-state index >= 15 is 0 Å². The van der Waals surface area contributed by atoms with Crippen molar-refractivity contribution in [3.8, 4) is 0 Å². The van der Waals surface area contributed by atoms with Crippen LogP contribution in [-0.4, -0.2) is 23.7 Å². The zero-order valence-electron chi connectivity index (χ0n) is 13.2. The Morgan fingerprint density at radius 3 is 2.71 bits per heavy atom. The van der Waals surface area contributed by atoms with E-state index in [1.807, 2.05) is 61.5 Å². The Labute approximate surface area is 150 Å². The molecule has 2 atom stereocenters. The summed E-state index contributed by atoms with van der Waals surface area (Å²) < 4.78 is 11.8. The number of halogens is 1. The molecule has 0 unspecified atom stereocenters. The number of hydrogen-bond acceptors (Lipinski definition) is 4. The SMILES string of the molecule is C[C@]1(c2ccccc2Cl)OC[C@@H](CSC(=O)Nc2ccccc2)O1. The highest BCUT2D eigenvalue weighted by Crippen LogP contribution is 2.38. The lowest BCUT2D eigenvalue weighted by atomic mass is 10.1. The van der Waals surface area contributed by atoms with Gasteiger partial charge in [0.1, 0.15) is 0 Å². The summed E-state index contributed by atoms with van der Waals surface area (Å²) in [5, 5.41) is 3.33. The number of para-hydroxylation sites is 1. The van der Waals surface area contributed by atoms with E-state index in [1.165, 1.54) is 11.8 Å². The summed E-state index contributed by atoms with van der Waals surface area (Å²) in [6.45, 7) is 2.27. The molecule has 1 N–H and O–H groups in total. The van der Waals surface area contributed by atoms with Crippen LogP contribution < -0.4 is 5.32 Å². The number of ether oxygens (including phenoxy) is 2. The molecule has 24 heavy (non-hydrogen) atoms. The van der Waals surface area contributed by atoms with E-state index in [4.69, 9.17) is 21.1 Å². The Balaban J connectivity index is 1.53. The van der Waals surface area contributed by atoms with Crippen molar-refractivity contribution in [2.75, 3.05) is 17.7 Å². The molecular weight excluding hydrogens is 346 g/mol. The highest BCUT2D eigenvalue weighted by Gasteiger charge is 2.40. The van der Waals surface area contributed by atoms with Crippen LogP contribution >= 0.6 is 23.4 Å². The fraction of sp³-hybridized carbons (Fsp3) is 0.278. The number of anilines is 1. The second kappa shape index (κ2) is 7.57. The van der Waals surface area contributed by atoms with Crippen LogP contribution in [0, 0.1) is 0 Å². The van der Waals surface area contributed by atoms with Crippen molar-refractivity contribution in [3.05, 3.63) is 65.2 Å². The first-order valence-electron chi connectivity index (χ1n) is 7.62. The first-order chi connectivity index (χ1) is 11.6. The lowest BCUT2D eigenvalue weighted by Crippen LogP contribution is -2.25. The summed E-state index contributed by atoms with van der Waals surface area (Å²) in [5.41, 5.74) is 1.58. The highest BCUT2D eigenvalue weighted by molar-refractivity contribution is 8.13. The standard InChI is InChI=1S/C18H18ClNO3S/c1-18(15-9-5-6-10-16(15)19)22-11-14(23-18)12-24-17(21)20-13-7-3-2-4-8-13/h2-10,14H,11-12H2,1H3,(H,20,21)/t14-,18-/m0/s1. The van der Waals surface area contributed by atoms with Crippen molar-refractivity contribution >= 4 is 34.3 Å². The van der Waals surface area contributed by atoms with Crippen LogP contribution in [0.5, 0.6) is 0 Å². The third-order valence-corrected chi connectivity index (χ3v) is 4.95. The van der Waals surface area contributed by atoms with Gasteiger partial charge in [0.05, 0.1) is 12.7 Å². The van der Waals surface area contributed by atoms with Crippen molar-refractivity contribution in [2.45, 2.75) is 18.8 Å². The third-order valence-electron chi connectivity index (χ3n) is 3.72. The van der Waals surface area contributed by atoms with E-state index in [9.17, 15) is 4.79 Å². The van der Waals surface area contributed by atoms with Crippen LogP contribution in [-0.2, 0) is 15.3 Å². The maximum atomic E-state index is 12.0. The van der Waals surface area contributed by atoms with E-state index in [2.05, 4.69) is 5.32 Å². The first kappa shape index (κ1) is 17.3. The number of carbonyl (C=O) groups excluding carboxylic acids is 1. The van der Waals surface area contributed by atoms with Crippen molar-refractivity contribution in [2.24, 2.45) is 0 Å². The monoisotopic (exact) mass is 363 g/mol. The maximum Gasteiger partial charge on any atom is 0.283 e. The van der Waals surface area contributed by atoms with Gasteiger partial charge in [0.25, 0.3) is 5.24 Å². The molecule has 0 spiro atoms. The summed E-state index contributed by atoms with van der Waals surface area (Å²) in [6.07, 6.45) is -0.169. The number of rotatable bonds is 4. The third kappa shape index (κ3) is 4.11. The number of hydrogen-bond donors (Lipinski definition) is 1. The molecule has 4 nitrogen and oxygen atoms in total. The molecule has 3 rings (SSSR count). The number of thioether (sulfide) groups is 1. The molecule has 1 amide bonds. The fourth-order valence-corrected chi connectivity index (χ4v) is 3.53. The normalized spacial score (nSPS) is 23.2. The van der Waals surface area contributed by atoms with E-state index in [0.29, 0.717) is 17.4 Å². The number of benzene rings is 2. The second-order valence-electron chi connectivity index (χ2n) is 5.57. The van der Waals surface area contributed by atoms with Gasteiger partial charge >= 0.3 is 0 Å². The maximum absolute atomic E-state index is 12.0. The molecule has 0 saturated carbocycles. The minimum atomic E-state index is -0.876. The fourth-order valence-electron chi connectivity index (χ4n) is 2.53. The number of carbonyl (C=O) groups is 1. The van der Waals surface area contributed by atoms with E-state index in [1.54, 1.807) is 0 Å². The predicted molar refractivity (Wildman–Crippen MR) is 97.5 cm³/mol. The van der Waals surface area contributed by atoms with Crippen LogP contribution in [0.15, 0.2) is 54.6 Å².